The van der Waals surface area contributed by atoms with E-state index < -0.39 is 11.7 Å². The fourth-order valence-corrected chi connectivity index (χ4v) is 2.55. The number of aryl methyl sites for hydroxylation is 1. The fourth-order valence-electron chi connectivity index (χ4n) is 2.55. The van der Waals surface area contributed by atoms with Crippen molar-refractivity contribution < 1.29 is 18.7 Å². The Kier molecular flexibility index (Phi) is 5.66. The van der Waals surface area contributed by atoms with Gasteiger partial charge in [-0.3, -0.25) is 9.78 Å². The quantitative estimate of drug-likeness (QED) is 0.704. The normalized spacial score (nSPS) is 10.3. The van der Waals surface area contributed by atoms with Crippen molar-refractivity contribution in [1.29, 1.82) is 0 Å². The third-order valence-electron chi connectivity index (χ3n) is 3.98. The highest BCUT2D eigenvalue weighted by atomic mass is 19.1. The zero-order valence-corrected chi connectivity index (χ0v) is 15.0. The molecule has 0 spiro atoms. The molecular weight excluding hydrogens is 347 g/mol. The van der Waals surface area contributed by atoms with Gasteiger partial charge in [-0.25, -0.2) is 4.39 Å². The summed E-state index contributed by atoms with van der Waals surface area (Å²) in [6, 6.07) is 12.9. The Labute approximate surface area is 156 Å². The van der Waals surface area contributed by atoms with E-state index in [0.29, 0.717) is 29.4 Å². The predicted octanol–water partition coefficient (Wildman–Crippen LogP) is 4.37. The van der Waals surface area contributed by atoms with Crippen molar-refractivity contribution in [3.8, 4) is 11.5 Å². The summed E-state index contributed by atoms with van der Waals surface area (Å²) in [4.78, 5) is 16.5. The van der Waals surface area contributed by atoms with Crippen molar-refractivity contribution >= 4 is 11.6 Å². The second-order valence-corrected chi connectivity index (χ2v) is 5.93. The number of anilines is 1. The molecule has 5 nitrogen and oxygen atoms in total. The Hall–Kier alpha value is -3.41. The van der Waals surface area contributed by atoms with Crippen LogP contribution >= 0.6 is 0 Å². The van der Waals surface area contributed by atoms with Crippen molar-refractivity contribution in [2.45, 2.75) is 13.5 Å². The minimum absolute atomic E-state index is 0.281. The summed E-state index contributed by atoms with van der Waals surface area (Å²) in [7, 11) is 1.54. The van der Waals surface area contributed by atoms with Crippen LogP contribution in [0.2, 0.25) is 0 Å². The molecule has 1 amide bonds. The standard InChI is InChI=1S/C21H19FN2O3/c1-14-5-6-16(22)10-18(14)21(25)24-17-7-8-19(26-2)20(11-17)27-13-15-4-3-9-23-12-15/h3-12H,13H2,1-2H3,(H,24,25). The number of ether oxygens (including phenoxy) is 2. The van der Waals surface area contributed by atoms with Gasteiger partial charge >= 0.3 is 0 Å². The van der Waals surface area contributed by atoms with Gasteiger partial charge in [0.05, 0.1) is 7.11 Å². The van der Waals surface area contributed by atoms with Crippen LogP contribution in [0.4, 0.5) is 10.1 Å². The van der Waals surface area contributed by atoms with Crippen LogP contribution in [0, 0.1) is 12.7 Å². The molecule has 0 radical (unpaired) electrons. The zero-order chi connectivity index (χ0) is 19.2. The zero-order valence-electron chi connectivity index (χ0n) is 15.0. The first-order valence-electron chi connectivity index (χ1n) is 8.34. The van der Waals surface area contributed by atoms with E-state index in [2.05, 4.69) is 10.3 Å². The number of amides is 1. The lowest BCUT2D eigenvalue weighted by molar-refractivity contribution is 0.102. The average molecular weight is 366 g/mol. The van der Waals surface area contributed by atoms with Crippen LogP contribution in [0.1, 0.15) is 21.5 Å². The van der Waals surface area contributed by atoms with E-state index in [9.17, 15) is 9.18 Å². The van der Waals surface area contributed by atoms with Crippen LogP contribution < -0.4 is 14.8 Å². The van der Waals surface area contributed by atoms with Gasteiger partial charge in [0.1, 0.15) is 12.4 Å². The minimum atomic E-state index is -0.457. The van der Waals surface area contributed by atoms with E-state index in [1.807, 2.05) is 12.1 Å². The number of rotatable bonds is 6. The van der Waals surface area contributed by atoms with Gasteiger partial charge in [0.25, 0.3) is 5.91 Å². The first-order valence-corrected chi connectivity index (χ1v) is 8.34. The number of hydrogen-bond acceptors (Lipinski definition) is 4. The van der Waals surface area contributed by atoms with Crippen molar-refractivity contribution in [2.24, 2.45) is 0 Å². The van der Waals surface area contributed by atoms with E-state index in [1.165, 1.54) is 12.1 Å². The van der Waals surface area contributed by atoms with E-state index in [0.717, 1.165) is 5.56 Å². The molecule has 1 aromatic heterocycles. The van der Waals surface area contributed by atoms with Gasteiger partial charge in [-0.05, 0) is 42.8 Å². The number of methoxy groups -OCH3 is 1. The van der Waals surface area contributed by atoms with Gasteiger partial charge in [-0.15, -0.1) is 0 Å². The van der Waals surface area contributed by atoms with Crippen molar-refractivity contribution in [1.82, 2.24) is 4.98 Å². The lowest BCUT2D eigenvalue weighted by Crippen LogP contribution is -2.14. The van der Waals surface area contributed by atoms with Crippen LogP contribution in [-0.2, 0) is 6.61 Å². The van der Waals surface area contributed by atoms with Crippen molar-refractivity contribution in [3.05, 3.63) is 83.4 Å². The molecule has 2 aromatic carbocycles. The van der Waals surface area contributed by atoms with E-state index in [4.69, 9.17) is 9.47 Å². The Bertz CT molecular complexity index is 945. The van der Waals surface area contributed by atoms with Gasteiger partial charge in [0.2, 0.25) is 0 Å². The molecular formula is C21H19FN2O3. The van der Waals surface area contributed by atoms with Crippen LogP contribution in [-0.4, -0.2) is 18.0 Å². The molecule has 0 fully saturated rings. The van der Waals surface area contributed by atoms with Crippen molar-refractivity contribution in [3.63, 3.8) is 0 Å². The number of pyridine rings is 1. The summed E-state index contributed by atoms with van der Waals surface area (Å²) >= 11 is 0. The van der Waals surface area contributed by atoms with Crippen LogP contribution in [0.3, 0.4) is 0 Å². The van der Waals surface area contributed by atoms with Crippen molar-refractivity contribution in [2.75, 3.05) is 12.4 Å². The molecule has 0 saturated carbocycles. The first kappa shape index (κ1) is 18.4. The molecule has 6 heteroatoms. The van der Waals surface area contributed by atoms with E-state index in [-0.39, 0.29) is 5.56 Å². The van der Waals surface area contributed by atoms with E-state index >= 15 is 0 Å². The molecule has 0 saturated heterocycles. The SMILES string of the molecule is COc1ccc(NC(=O)c2cc(F)ccc2C)cc1OCc1cccnc1. The maximum absolute atomic E-state index is 13.4. The molecule has 0 aliphatic heterocycles. The second kappa shape index (κ2) is 8.31. The lowest BCUT2D eigenvalue weighted by atomic mass is 10.1. The number of benzene rings is 2. The Balaban J connectivity index is 1.78. The monoisotopic (exact) mass is 366 g/mol. The summed E-state index contributed by atoms with van der Waals surface area (Å²) in [6.07, 6.45) is 3.40. The van der Waals surface area contributed by atoms with Gasteiger partial charge in [-0.1, -0.05) is 12.1 Å². The summed E-state index contributed by atoms with van der Waals surface area (Å²) in [5.41, 5.74) is 2.40. The first-order chi connectivity index (χ1) is 13.1. The van der Waals surface area contributed by atoms with Gasteiger partial charge in [0.15, 0.2) is 11.5 Å². The fraction of sp³-hybridized carbons (Fsp3) is 0.143. The molecule has 0 unspecified atom stereocenters. The minimum Gasteiger partial charge on any atom is -0.493 e. The summed E-state index contributed by atoms with van der Waals surface area (Å²) < 4.78 is 24.6. The summed E-state index contributed by atoms with van der Waals surface area (Å²) in [6.45, 7) is 2.06. The molecule has 27 heavy (non-hydrogen) atoms. The number of nitrogens with zero attached hydrogens (tertiary/aromatic N) is 1. The topological polar surface area (TPSA) is 60.5 Å². The number of carbonyl (C=O) groups excluding carboxylic acids is 1. The Morgan fingerprint density at radius 1 is 1.15 bits per heavy atom. The molecule has 1 heterocycles. The highest BCUT2D eigenvalue weighted by molar-refractivity contribution is 6.05. The highest BCUT2D eigenvalue weighted by Gasteiger charge is 2.13. The Morgan fingerprint density at radius 2 is 2.00 bits per heavy atom. The number of nitrogens with one attached hydrogen (secondary N) is 1. The molecule has 3 rings (SSSR count). The third-order valence-corrected chi connectivity index (χ3v) is 3.98. The summed E-state index contributed by atoms with van der Waals surface area (Å²) in [5, 5.41) is 2.76. The smallest absolute Gasteiger partial charge is 0.256 e. The number of halogens is 1. The number of carbonyl (C=O) groups is 1. The van der Waals surface area contributed by atoms with E-state index in [1.54, 1.807) is 50.7 Å². The molecule has 1 N–H and O–H groups in total. The maximum atomic E-state index is 13.4. The Morgan fingerprint density at radius 3 is 2.74 bits per heavy atom. The van der Waals surface area contributed by atoms with Crippen LogP contribution in [0.25, 0.3) is 0 Å². The maximum Gasteiger partial charge on any atom is 0.256 e. The molecule has 0 bridgehead atoms. The van der Waals surface area contributed by atoms with Crippen LogP contribution in [0.5, 0.6) is 11.5 Å². The predicted molar refractivity (Wildman–Crippen MR) is 101 cm³/mol. The lowest BCUT2D eigenvalue weighted by Gasteiger charge is -2.13. The molecule has 0 aliphatic rings. The van der Waals surface area contributed by atoms with Gasteiger partial charge in [-0.2, -0.15) is 0 Å². The molecule has 0 aliphatic carbocycles. The molecule has 0 atom stereocenters. The number of hydrogen-bond donors (Lipinski definition) is 1. The average Bonchev–Trinajstić information content (AvgIpc) is 2.69. The highest BCUT2D eigenvalue weighted by Crippen LogP contribution is 2.31. The van der Waals surface area contributed by atoms with Gasteiger partial charge in [0, 0.05) is 35.3 Å². The van der Waals surface area contributed by atoms with Crippen LogP contribution in [0.15, 0.2) is 60.9 Å². The second-order valence-electron chi connectivity index (χ2n) is 5.93. The summed E-state index contributed by atoms with van der Waals surface area (Å²) in [5.74, 6) is 0.172. The third kappa shape index (κ3) is 4.61. The molecule has 3 aromatic rings. The largest absolute Gasteiger partial charge is 0.493 e. The molecule has 138 valence electrons. The van der Waals surface area contributed by atoms with Gasteiger partial charge < -0.3 is 14.8 Å². The number of aromatic nitrogens is 1.